The molecule has 4 rings (SSSR count). The predicted octanol–water partition coefficient (Wildman–Crippen LogP) is 2.13. The highest BCUT2D eigenvalue weighted by atomic mass is 16.4. The number of carbonyl (C=O) groups excluding carboxylic acids is 1. The highest BCUT2D eigenvalue weighted by Crippen LogP contribution is 2.40. The monoisotopic (exact) mass is 340 g/mol. The molecule has 0 radical (unpaired) electrons. The fraction of sp³-hybridized carbons (Fsp3) is 0.444. The van der Waals surface area contributed by atoms with Crippen LogP contribution in [0.4, 0.5) is 0 Å². The van der Waals surface area contributed by atoms with Gasteiger partial charge < -0.3 is 10.0 Å². The SMILES string of the molecule is O=C(O)C1CC2CCCCC2N1C(=O)c1cnn(-c2cccnc2)c1. The number of aromatic nitrogens is 3. The largest absolute Gasteiger partial charge is 0.480 e. The Balaban J connectivity index is 1.63. The smallest absolute Gasteiger partial charge is 0.326 e. The highest BCUT2D eigenvalue weighted by molar-refractivity contribution is 5.97. The van der Waals surface area contributed by atoms with Crippen molar-refractivity contribution in [2.24, 2.45) is 5.92 Å². The summed E-state index contributed by atoms with van der Waals surface area (Å²) in [4.78, 5) is 30.4. The molecule has 3 atom stereocenters. The molecule has 0 spiro atoms. The summed E-state index contributed by atoms with van der Waals surface area (Å²) in [5.41, 5.74) is 1.18. The van der Waals surface area contributed by atoms with Crippen LogP contribution in [0.25, 0.3) is 5.69 Å². The number of fused-ring (bicyclic) bond motifs is 1. The molecule has 2 aliphatic rings. The molecule has 2 aromatic rings. The maximum absolute atomic E-state index is 13.1. The Morgan fingerprint density at radius 2 is 2.04 bits per heavy atom. The van der Waals surface area contributed by atoms with Gasteiger partial charge in [0, 0.05) is 18.4 Å². The zero-order chi connectivity index (χ0) is 17.4. The Bertz CT molecular complexity index is 789. The van der Waals surface area contributed by atoms with Crippen LogP contribution >= 0.6 is 0 Å². The number of hydrogen-bond donors (Lipinski definition) is 1. The maximum Gasteiger partial charge on any atom is 0.326 e. The molecule has 2 aromatic heterocycles. The molecule has 3 heterocycles. The van der Waals surface area contributed by atoms with Crippen LogP contribution in [0.1, 0.15) is 42.5 Å². The Morgan fingerprint density at radius 1 is 1.20 bits per heavy atom. The van der Waals surface area contributed by atoms with Crippen LogP contribution in [0.2, 0.25) is 0 Å². The molecule has 0 aromatic carbocycles. The molecular formula is C18H20N4O3. The first-order valence-electron chi connectivity index (χ1n) is 8.65. The van der Waals surface area contributed by atoms with E-state index < -0.39 is 12.0 Å². The van der Waals surface area contributed by atoms with Crippen molar-refractivity contribution in [3.63, 3.8) is 0 Å². The zero-order valence-corrected chi connectivity index (χ0v) is 13.8. The van der Waals surface area contributed by atoms with Gasteiger partial charge in [0.15, 0.2) is 0 Å². The van der Waals surface area contributed by atoms with Crippen molar-refractivity contribution in [2.75, 3.05) is 0 Å². The van der Waals surface area contributed by atoms with Crippen molar-refractivity contribution < 1.29 is 14.7 Å². The van der Waals surface area contributed by atoms with E-state index in [1.807, 2.05) is 6.07 Å². The summed E-state index contributed by atoms with van der Waals surface area (Å²) in [5.74, 6) is -0.855. The van der Waals surface area contributed by atoms with E-state index in [1.165, 1.54) is 6.20 Å². The van der Waals surface area contributed by atoms with Crippen molar-refractivity contribution in [1.82, 2.24) is 19.7 Å². The number of aliphatic carboxylic acids is 1. The number of rotatable bonds is 3. The molecular weight excluding hydrogens is 320 g/mol. The van der Waals surface area contributed by atoms with E-state index in [0.717, 1.165) is 31.4 Å². The fourth-order valence-corrected chi connectivity index (χ4v) is 4.19. The van der Waals surface area contributed by atoms with E-state index >= 15 is 0 Å². The number of carboxylic acids is 1. The number of pyridine rings is 1. The van der Waals surface area contributed by atoms with Crippen molar-refractivity contribution >= 4 is 11.9 Å². The molecule has 1 amide bonds. The summed E-state index contributed by atoms with van der Waals surface area (Å²) < 4.78 is 1.59. The van der Waals surface area contributed by atoms with Crippen LogP contribution in [0.3, 0.4) is 0 Å². The molecule has 1 saturated carbocycles. The van der Waals surface area contributed by atoms with Gasteiger partial charge in [-0.3, -0.25) is 9.78 Å². The zero-order valence-electron chi connectivity index (χ0n) is 13.8. The van der Waals surface area contributed by atoms with Gasteiger partial charge in [0.25, 0.3) is 5.91 Å². The fourth-order valence-electron chi connectivity index (χ4n) is 4.19. The molecule has 1 saturated heterocycles. The van der Waals surface area contributed by atoms with Gasteiger partial charge in [-0.05, 0) is 37.3 Å². The maximum atomic E-state index is 13.1. The average molecular weight is 340 g/mol. The van der Waals surface area contributed by atoms with Gasteiger partial charge in [0.2, 0.25) is 0 Å². The van der Waals surface area contributed by atoms with Gasteiger partial charge >= 0.3 is 5.97 Å². The molecule has 25 heavy (non-hydrogen) atoms. The Hall–Kier alpha value is -2.70. The lowest BCUT2D eigenvalue weighted by Gasteiger charge is -2.32. The van der Waals surface area contributed by atoms with E-state index in [1.54, 1.807) is 34.2 Å². The van der Waals surface area contributed by atoms with Gasteiger partial charge in [-0.1, -0.05) is 12.8 Å². The molecule has 7 nitrogen and oxygen atoms in total. The van der Waals surface area contributed by atoms with Crippen LogP contribution in [-0.2, 0) is 4.79 Å². The lowest BCUT2D eigenvalue weighted by molar-refractivity contribution is -0.141. The van der Waals surface area contributed by atoms with Gasteiger partial charge in [-0.2, -0.15) is 5.10 Å². The minimum atomic E-state index is -0.914. The Labute approximate surface area is 145 Å². The second kappa shape index (κ2) is 6.31. The number of nitrogens with zero attached hydrogens (tertiary/aromatic N) is 4. The lowest BCUT2D eigenvalue weighted by atomic mass is 9.84. The lowest BCUT2D eigenvalue weighted by Crippen LogP contribution is -2.46. The third-order valence-electron chi connectivity index (χ3n) is 5.35. The molecule has 130 valence electrons. The molecule has 1 aliphatic carbocycles. The van der Waals surface area contributed by atoms with Crippen LogP contribution in [0.15, 0.2) is 36.9 Å². The van der Waals surface area contributed by atoms with E-state index in [4.69, 9.17) is 0 Å². The molecule has 1 aliphatic heterocycles. The number of hydrogen-bond acceptors (Lipinski definition) is 4. The molecule has 0 bridgehead atoms. The topological polar surface area (TPSA) is 88.3 Å². The number of carbonyl (C=O) groups is 2. The van der Waals surface area contributed by atoms with Crippen LogP contribution in [-0.4, -0.2) is 48.7 Å². The van der Waals surface area contributed by atoms with E-state index in [-0.39, 0.29) is 11.9 Å². The van der Waals surface area contributed by atoms with Crippen LogP contribution < -0.4 is 0 Å². The number of likely N-dealkylation sites (tertiary alicyclic amines) is 1. The number of carboxylic acid groups (broad SMARTS) is 1. The molecule has 7 heteroatoms. The van der Waals surface area contributed by atoms with Crippen LogP contribution in [0, 0.1) is 5.92 Å². The van der Waals surface area contributed by atoms with E-state index in [2.05, 4.69) is 10.1 Å². The summed E-state index contributed by atoms with van der Waals surface area (Å²) >= 11 is 0. The number of amides is 1. The average Bonchev–Trinajstić information content (AvgIpc) is 3.27. The molecule has 3 unspecified atom stereocenters. The van der Waals surface area contributed by atoms with Crippen molar-refractivity contribution in [3.05, 3.63) is 42.5 Å². The second-order valence-corrected chi connectivity index (χ2v) is 6.80. The third-order valence-corrected chi connectivity index (χ3v) is 5.35. The normalized spacial score (nSPS) is 25.6. The minimum Gasteiger partial charge on any atom is -0.480 e. The molecule has 1 N–H and O–H groups in total. The summed E-state index contributed by atoms with van der Waals surface area (Å²) in [7, 11) is 0. The van der Waals surface area contributed by atoms with Crippen molar-refractivity contribution in [1.29, 1.82) is 0 Å². The van der Waals surface area contributed by atoms with Crippen LogP contribution in [0.5, 0.6) is 0 Å². The summed E-state index contributed by atoms with van der Waals surface area (Å²) in [6.45, 7) is 0. The predicted molar refractivity (Wildman–Crippen MR) is 89.3 cm³/mol. The van der Waals surface area contributed by atoms with Gasteiger partial charge in [-0.15, -0.1) is 0 Å². The summed E-state index contributed by atoms with van der Waals surface area (Å²) in [6, 6.07) is 2.94. The standard InChI is InChI=1S/C18H20N4O3/c23-17(13-9-20-21(11-13)14-5-3-7-19-10-14)22-15-6-2-1-4-12(15)8-16(22)18(24)25/h3,5,7,9-12,15-16H,1-2,4,6,8H2,(H,24,25). The van der Waals surface area contributed by atoms with E-state index in [9.17, 15) is 14.7 Å². The summed E-state index contributed by atoms with van der Waals surface area (Å²) in [5, 5.41) is 13.8. The first-order valence-corrected chi connectivity index (χ1v) is 8.65. The Kier molecular flexibility index (Phi) is 3.99. The molecule has 2 fully saturated rings. The first kappa shape index (κ1) is 15.8. The Morgan fingerprint density at radius 3 is 2.80 bits per heavy atom. The summed E-state index contributed by atoms with van der Waals surface area (Å²) in [6.07, 6.45) is 11.1. The first-order chi connectivity index (χ1) is 12.1. The van der Waals surface area contributed by atoms with Gasteiger partial charge in [0.05, 0.1) is 23.6 Å². The van der Waals surface area contributed by atoms with E-state index in [0.29, 0.717) is 17.9 Å². The quantitative estimate of drug-likeness (QED) is 0.924. The minimum absolute atomic E-state index is 0.0316. The third kappa shape index (κ3) is 2.79. The second-order valence-electron chi connectivity index (χ2n) is 6.80. The highest BCUT2D eigenvalue weighted by Gasteiger charge is 2.47. The van der Waals surface area contributed by atoms with Gasteiger partial charge in [-0.25, -0.2) is 9.48 Å². The van der Waals surface area contributed by atoms with Gasteiger partial charge in [0.1, 0.15) is 6.04 Å². The van der Waals surface area contributed by atoms with Crippen molar-refractivity contribution in [2.45, 2.75) is 44.2 Å². The van der Waals surface area contributed by atoms with Crippen molar-refractivity contribution in [3.8, 4) is 5.69 Å².